The zero-order chi connectivity index (χ0) is 15.4. The van der Waals surface area contributed by atoms with Gasteiger partial charge in [-0.2, -0.15) is 0 Å². The van der Waals surface area contributed by atoms with E-state index in [1.165, 1.54) is 7.94 Å². The predicted octanol–water partition coefficient (Wildman–Crippen LogP) is 2.66. The van der Waals surface area contributed by atoms with E-state index < -0.39 is 0 Å². The minimum atomic E-state index is 0.0837. The fourth-order valence-electron chi connectivity index (χ4n) is 3.12. The molecule has 0 aromatic heterocycles. The van der Waals surface area contributed by atoms with Crippen LogP contribution in [0.3, 0.4) is 0 Å². The van der Waals surface area contributed by atoms with Gasteiger partial charge in [-0.05, 0) is 0 Å². The number of likely N-dealkylation sites (N-methyl/N-ethyl adjacent to an activating group) is 1. The molecule has 0 unspecified atom stereocenters. The van der Waals surface area contributed by atoms with Crippen LogP contribution in [-0.2, 0) is 35.7 Å². The Kier molecular flexibility index (Phi) is 3.24. The van der Waals surface area contributed by atoms with Gasteiger partial charge < -0.3 is 0 Å². The van der Waals surface area contributed by atoms with Crippen molar-refractivity contribution < 1.29 is 40.5 Å². The summed E-state index contributed by atoms with van der Waals surface area (Å²) in [5.41, 5.74) is 5.03. The number of rotatable bonds is 0. The molecular formula is C18H14NO2Y. The first-order valence-corrected chi connectivity index (χ1v) is 8.64. The summed E-state index contributed by atoms with van der Waals surface area (Å²) in [4.78, 5) is 14.5. The van der Waals surface area contributed by atoms with Crippen molar-refractivity contribution in [2.24, 2.45) is 0 Å². The van der Waals surface area contributed by atoms with Gasteiger partial charge in [0.1, 0.15) is 0 Å². The van der Waals surface area contributed by atoms with Crippen molar-refractivity contribution in [1.82, 2.24) is 4.90 Å². The van der Waals surface area contributed by atoms with Gasteiger partial charge >= 0.3 is 150 Å². The van der Waals surface area contributed by atoms with Crippen LogP contribution in [0.15, 0.2) is 36.4 Å². The van der Waals surface area contributed by atoms with Crippen LogP contribution in [0.2, 0.25) is 0 Å². The zero-order valence-electron chi connectivity index (χ0n) is 12.5. The number of fused-ring (bicyclic) bond motifs is 4. The Hall–Kier alpha value is -1.45. The van der Waals surface area contributed by atoms with Crippen LogP contribution >= 0.6 is 0 Å². The number of benzene rings is 2. The fourth-order valence-corrected chi connectivity index (χ4v) is 3.77. The fraction of sp³-hybridized carbons (Fsp3) is 0.167. The maximum absolute atomic E-state index is 12.7. The normalized spacial score (nSPS) is 15.9. The monoisotopic (exact) mass is 365 g/mol. The van der Waals surface area contributed by atoms with Crippen molar-refractivity contribution in [3.05, 3.63) is 53.1 Å². The first kappa shape index (κ1) is 14.2. The zero-order valence-corrected chi connectivity index (χ0v) is 15.4. The molecule has 0 aliphatic carbocycles. The van der Waals surface area contributed by atoms with Crippen molar-refractivity contribution in [1.29, 1.82) is 0 Å². The van der Waals surface area contributed by atoms with E-state index in [1.807, 2.05) is 25.2 Å². The van der Waals surface area contributed by atoms with Gasteiger partial charge in [-0.25, -0.2) is 0 Å². The summed E-state index contributed by atoms with van der Waals surface area (Å²) >= 11 is 1.02. The van der Waals surface area contributed by atoms with Crippen molar-refractivity contribution in [2.75, 3.05) is 13.6 Å². The van der Waals surface area contributed by atoms with Crippen LogP contribution in [0.1, 0.15) is 16.7 Å². The molecule has 2 aromatic carbocycles. The molecule has 2 aliphatic heterocycles. The van der Waals surface area contributed by atoms with Gasteiger partial charge in [-0.1, -0.05) is 0 Å². The first-order valence-electron chi connectivity index (χ1n) is 7.22. The number of ether oxygens (including phenoxy) is 1. The second-order valence-corrected chi connectivity index (χ2v) is 7.51. The Morgan fingerprint density at radius 3 is 2.64 bits per heavy atom. The number of carbonyl (C=O) groups is 1. The summed E-state index contributed by atoms with van der Waals surface area (Å²) in [5, 5.41) is 0. The number of aryl methyl sites for hydroxylation is 1. The van der Waals surface area contributed by atoms with E-state index in [1.54, 1.807) is 4.90 Å². The number of carbonyl (C=O) groups excluding carboxylic acids is 1. The molecular weight excluding hydrogens is 351 g/mol. The Labute approximate surface area is 149 Å². The van der Waals surface area contributed by atoms with Crippen LogP contribution < -0.4 is 7.11 Å². The molecule has 2 aliphatic rings. The molecule has 1 amide bonds. The third kappa shape index (κ3) is 2.07. The Balaban J connectivity index is 2.07. The third-order valence-corrected chi connectivity index (χ3v) is 5.09. The number of amides is 1. The summed E-state index contributed by atoms with van der Waals surface area (Å²) < 4.78 is 7.39. The Morgan fingerprint density at radius 2 is 1.82 bits per heavy atom. The van der Waals surface area contributed by atoms with E-state index in [4.69, 9.17) is 4.74 Å². The Bertz CT molecular complexity index is 854. The van der Waals surface area contributed by atoms with E-state index in [9.17, 15) is 4.79 Å². The average molecular weight is 365 g/mol. The molecule has 0 atom stereocenters. The summed E-state index contributed by atoms with van der Waals surface area (Å²) in [7, 11) is 1.86. The van der Waals surface area contributed by atoms with Crippen molar-refractivity contribution in [3.63, 3.8) is 0 Å². The standard InChI is InChI=1S/C18H14NO2.Y/c1-11-7-8-16-13(9-11)14-10-19(2)18(20)17(14)12-5-3-4-6-15(12)21-16;/h4-9H,10H2,1-2H3;. The van der Waals surface area contributed by atoms with Crippen molar-refractivity contribution in [2.45, 2.75) is 6.92 Å². The van der Waals surface area contributed by atoms with Gasteiger partial charge in [0.2, 0.25) is 0 Å². The average Bonchev–Trinajstić information content (AvgIpc) is 2.71. The van der Waals surface area contributed by atoms with Crippen LogP contribution in [0.25, 0.3) is 11.1 Å². The van der Waals surface area contributed by atoms with Gasteiger partial charge in [-0.3, -0.25) is 0 Å². The van der Waals surface area contributed by atoms with Gasteiger partial charge in [0.05, 0.1) is 0 Å². The van der Waals surface area contributed by atoms with Gasteiger partial charge in [-0.15, -0.1) is 0 Å². The maximum atomic E-state index is 12.7. The van der Waals surface area contributed by atoms with Crippen LogP contribution in [-0.4, -0.2) is 24.4 Å². The number of hydrogen-bond acceptors (Lipinski definition) is 2. The molecule has 3 nitrogen and oxygen atoms in total. The van der Waals surface area contributed by atoms with Gasteiger partial charge in [0, 0.05) is 0 Å². The quantitative estimate of drug-likeness (QED) is 0.719. The molecule has 4 heteroatoms. The van der Waals surface area contributed by atoms with Crippen molar-refractivity contribution in [3.8, 4) is 11.5 Å². The summed E-state index contributed by atoms with van der Waals surface area (Å²) in [6, 6.07) is 12.3. The summed E-state index contributed by atoms with van der Waals surface area (Å²) in [6.45, 7) is 2.70. The number of hydrogen-bond donors (Lipinski definition) is 0. The summed E-state index contributed by atoms with van der Waals surface area (Å²) in [5.74, 6) is 1.69. The van der Waals surface area contributed by atoms with E-state index in [0.717, 1.165) is 64.7 Å². The van der Waals surface area contributed by atoms with Crippen LogP contribution in [0, 0.1) is 6.92 Å². The first-order chi connectivity index (χ1) is 10.5. The molecule has 106 valence electrons. The second-order valence-electron chi connectivity index (χ2n) is 5.87. The molecule has 0 spiro atoms. The molecule has 2 heterocycles. The topological polar surface area (TPSA) is 29.5 Å². The van der Waals surface area contributed by atoms with Gasteiger partial charge in [0.25, 0.3) is 0 Å². The third-order valence-electron chi connectivity index (χ3n) is 4.21. The number of nitrogens with zero attached hydrogens (tertiary/aromatic N) is 1. The van der Waals surface area contributed by atoms with E-state index in [-0.39, 0.29) is 5.91 Å². The molecule has 0 bridgehead atoms. The van der Waals surface area contributed by atoms with Crippen LogP contribution in [0.5, 0.6) is 11.5 Å². The van der Waals surface area contributed by atoms with Gasteiger partial charge in [0.15, 0.2) is 0 Å². The van der Waals surface area contributed by atoms with E-state index in [2.05, 4.69) is 25.1 Å². The minimum absolute atomic E-state index is 0.0837. The Morgan fingerprint density at radius 1 is 1.09 bits per heavy atom. The predicted molar refractivity (Wildman–Crippen MR) is 81.8 cm³/mol. The van der Waals surface area contributed by atoms with Crippen LogP contribution in [0.4, 0.5) is 0 Å². The van der Waals surface area contributed by atoms with E-state index >= 15 is 0 Å². The molecule has 0 saturated carbocycles. The molecule has 0 fully saturated rings. The molecule has 0 radical (unpaired) electrons. The van der Waals surface area contributed by atoms with E-state index in [0.29, 0.717) is 6.54 Å². The molecule has 2 aromatic rings. The molecule has 0 saturated heterocycles. The van der Waals surface area contributed by atoms with Crippen molar-refractivity contribution >= 4 is 19.4 Å². The molecule has 4 rings (SSSR count). The summed E-state index contributed by atoms with van der Waals surface area (Å²) in [6.07, 6.45) is 0. The molecule has 0 N–H and O–H groups in total. The molecule has 22 heavy (non-hydrogen) atoms. The SMILES string of the molecule is Cc1ccc2c(c1)C1=C(C(=O)N(C)C1)c1c[c]([Y])ccc1O2. The second kappa shape index (κ2) is 5.04.